The van der Waals surface area contributed by atoms with Crippen molar-refractivity contribution < 1.29 is 4.79 Å². The lowest BCUT2D eigenvalue weighted by molar-refractivity contribution is 0.0780. The highest BCUT2D eigenvalue weighted by Crippen LogP contribution is 2.13. The molecule has 1 aliphatic rings. The van der Waals surface area contributed by atoms with Gasteiger partial charge in [-0.2, -0.15) is 0 Å². The second-order valence-electron chi connectivity index (χ2n) is 4.31. The Labute approximate surface area is 100 Å². The fourth-order valence-corrected chi connectivity index (χ4v) is 2.80. The van der Waals surface area contributed by atoms with Gasteiger partial charge in [-0.25, -0.2) is 0 Å². The first-order chi connectivity index (χ1) is 7.77. The number of hydrogen-bond donors (Lipinski definition) is 1. The Morgan fingerprint density at radius 1 is 1.62 bits per heavy atom. The number of piperidine rings is 1. The van der Waals surface area contributed by atoms with E-state index in [-0.39, 0.29) is 5.91 Å². The minimum Gasteiger partial charge on any atom is -0.339 e. The summed E-state index contributed by atoms with van der Waals surface area (Å²) in [6.07, 6.45) is 3.72. The number of hydrogen-bond acceptors (Lipinski definition) is 3. The number of amides is 1. The average molecular weight is 238 g/mol. The van der Waals surface area contributed by atoms with E-state index in [1.54, 1.807) is 0 Å². The monoisotopic (exact) mass is 238 g/mol. The standard InChI is InChI=1S/C12H18N2OS/c1-14(9-10-5-2-3-7-13-10)12(15)11-6-4-8-16-11/h4,6,8,10,13H,2-3,5,7,9H2,1H3. The molecule has 0 aromatic carbocycles. The maximum atomic E-state index is 12.0. The van der Waals surface area contributed by atoms with Gasteiger partial charge >= 0.3 is 0 Å². The molecule has 1 N–H and O–H groups in total. The molecule has 1 fully saturated rings. The first-order valence-corrected chi connectivity index (χ1v) is 6.67. The van der Waals surface area contributed by atoms with E-state index >= 15 is 0 Å². The third kappa shape index (κ3) is 2.83. The number of rotatable bonds is 3. The Hall–Kier alpha value is -0.870. The third-order valence-electron chi connectivity index (χ3n) is 2.99. The highest BCUT2D eigenvalue weighted by Gasteiger charge is 2.18. The largest absolute Gasteiger partial charge is 0.339 e. The van der Waals surface area contributed by atoms with Gasteiger partial charge in [0.05, 0.1) is 4.88 Å². The number of nitrogens with zero attached hydrogens (tertiary/aromatic N) is 1. The molecule has 1 unspecified atom stereocenters. The molecule has 4 heteroatoms. The Kier molecular flexibility index (Phi) is 3.96. The van der Waals surface area contributed by atoms with Crippen LogP contribution in [0.1, 0.15) is 28.9 Å². The minimum absolute atomic E-state index is 0.141. The first kappa shape index (κ1) is 11.6. The molecule has 0 radical (unpaired) electrons. The Morgan fingerprint density at radius 3 is 3.12 bits per heavy atom. The molecule has 0 bridgehead atoms. The highest BCUT2D eigenvalue weighted by molar-refractivity contribution is 7.12. The topological polar surface area (TPSA) is 32.3 Å². The van der Waals surface area contributed by atoms with E-state index in [1.807, 2.05) is 29.5 Å². The second kappa shape index (κ2) is 5.46. The normalized spacial score (nSPS) is 20.7. The van der Waals surface area contributed by atoms with Crippen molar-refractivity contribution in [2.45, 2.75) is 25.3 Å². The van der Waals surface area contributed by atoms with Crippen molar-refractivity contribution in [3.05, 3.63) is 22.4 Å². The zero-order valence-corrected chi connectivity index (χ0v) is 10.4. The maximum Gasteiger partial charge on any atom is 0.263 e. The summed E-state index contributed by atoms with van der Waals surface area (Å²) >= 11 is 1.51. The van der Waals surface area contributed by atoms with Gasteiger partial charge in [0.1, 0.15) is 0 Å². The van der Waals surface area contributed by atoms with Gasteiger partial charge in [-0.1, -0.05) is 12.5 Å². The van der Waals surface area contributed by atoms with Gasteiger partial charge in [0.25, 0.3) is 5.91 Å². The average Bonchev–Trinajstić information content (AvgIpc) is 2.83. The van der Waals surface area contributed by atoms with Crippen LogP contribution in [0.15, 0.2) is 17.5 Å². The molecule has 0 aliphatic carbocycles. The van der Waals surface area contributed by atoms with Crippen molar-refractivity contribution in [1.82, 2.24) is 10.2 Å². The maximum absolute atomic E-state index is 12.0. The molecule has 1 atom stereocenters. The second-order valence-corrected chi connectivity index (χ2v) is 5.26. The lowest BCUT2D eigenvalue weighted by Gasteiger charge is -2.28. The summed E-state index contributed by atoms with van der Waals surface area (Å²) in [4.78, 5) is 14.6. The molecular formula is C12H18N2OS. The Morgan fingerprint density at radius 2 is 2.50 bits per heavy atom. The quantitative estimate of drug-likeness (QED) is 0.873. The minimum atomic E-state index is 0.141. The Bertz CT molecular complexity index is 331. The molecule has 2 heterocycles. The number of carbonyl (C=O) groups is 1. The van der Waals surface area contributed by atoms with Crippen LogP contribution < -0.4 is 5.32 Å². The molecule has 1 aliphatic heterocycles. The van der Waals surface area contributed by atoms with Crippen LogP contribution in [-0.2, 0) is 0 Å². The zero-order chi connectivity index (χ0) is 11.4. The molecule has 1 aromatic heterocycles. The molecule has 1 amide bonds. The smallest absolute Gasteiger partial charge is 0.263 e. The van der Waals surface area contributed by atoms with E-state index in [0.29, 0.717) is 6.04 Å². The molecule has 88 valence electrons. The molecule has 1 saturated heterocycles. The molecule has 2 rings (SSSR count). The summed E-state index contributed by atoms with van der Waals surface area (Å²) in [7, 11) is 1.89. The number of carbonyl (C=O) groups excluding carboxylic acids is 1. The fraction of sp³-hybridized carbons (Fsp3) is 0.583. The first-order valence-electron chi connectivity index (χ1n) is 5.80. The molecule has 3 nitrogen and oxygen atoms in total. The van der Waals surface area contributed by atoms with Crippen molar-refractivity contribution in [1.29, 1.82) is 0 Å². The summed E-state index contributed by atoms with van der Waals surface area (Å²) in [6.45, 7) is 1.91. The van der Waals surface area contributed by atoms with E-state index in [1.165, 1.54) is 30.6 Å². The highest BCUT2D eigenvalue weighted by atomic mass is 32.1. The van der Waals surface area contributed by atoms with E-state index in [9.17, 15) is 4.79 Å². The number of thiophene rings is 1. The van der Waals surface area contributed by atoms with Crippen LogP contribution >= 0.6 is 11.3 Å². The van der Waals surface area contributed by atoms with Gasteiger partial charge in [0, 0.05) is 19.6 Å². The summed E-state index contributed by atoms with van der Waals surface area (Å²) in [5, 5.41) is 5.40. The predicted octanol–water partition coefficient (Wildman–Crippen LogP) is 1.96. The predicted molar refractivity (Wildman–Crippen MR) is 66.9 cm³/mol. The van der Waals surface area contributed by atoms with Crippen LogP contribution in [0.2, 0.25) is 0 Å². The molecular weight excluding hydrogens is 220 g/mol. The van der Waals surface area contributed by atoms with E-state index in [4.69, 9.17) is 0 Å². The molecule has 0 saturated carbocycles. The van der Waals surface area contributed by atoms with Gasteiger partial charge in [0.2, 0.25) is 0 Å². The summed E-state index contributed by atoms with van der Waals surface area (Å²) < 4.78 is 0. The van der Waals surface area contributed by atoms with Crippen LogP contribution in [0.4, 0.5) is 0 Å². The molecule has 1 aromatic rings. The van der Waals surface area contributed by atoms with Crippen molar-refractivity contribution in [2.75, 3.05) is 20.1 Å². The van der Waals surface area contributed by atoms with Gasteiger partial charge < -0.3 is 10.2 Å². The van der Waals surface area contributed by atoms with Gasteiger partial charge in [0.15, 0.2) is 0 Å². The van der Waals surface area contributed by atoms with Gasteiger partial charge in [-0.15, -0.1) is 11.3 Å². The van der Waals surface area contributed by atoms with Crippen LogP contribution in [0.3, 0.4) is 0 Å². The van der Waals surface area contributed by atoms with Gasteiger partial charge in [-0.3, -0.25) is 4.79 Å². The van der Waals surface area contributed by atoms with E-state index < -0.39 is 0 Å². The van der Waals surface area contributed by atoms with Crippen molar-refractivity contribution in [2.24, 2.45) is 0 Å². The zero-order valence-electron chi connectivity index (χ0n) is 9.61. The Balaban J connectivity index is 1.87. The summed E-state index contributed by atoms with van der Waals surface area (Å²) in [6, 6.07) is 4.28. The van der Waals surface area contributed by atoms with Crippen molar-refractivity contribution >= 4 is 17.2 Å². The third-order valence-corrected chi connectivity index (χ3v) is 3.84. The summed E-state index contributed by atoms with van der Waals surface area (Å²) in [5.41, 5.74) is 0. The lowest BCUT2D eigenvalue weighted by Crippen LogP contribution is -2.44. The summed E-state index contributed by atoms with van der Waals surface area (Å²) in [5.74, 6) is 0.141. The van der Waals surface area contributed by atoms with Crippen LogP contribution in [0, 0.1) is 0 Å². The fourth-order valence-electron chi connectivity index (χ4n) is 2.08. The lowest BCUT2D eigenvalue weighted by atomic mass is 10.0. The van der Waals surface area contributed by atoms with Crippen LogP contribution in [0.5, 0.6) is 0 Å². The molecule has 0 spiro atoms. The van der Waals surface area contributed by atoms with E-state index in [0.717, 1.165) is 18.0 Å². The number of likely N-dealkylation sites (N-methyl/N-ethyl adjacent to an activating group) is 1. The molecule has 16 heavy (non-hydrogen) atoms. The van der Waals surface area contributed by atoms with Crippen LogP contribution in [0.25, 0.3) is 0 Å². The van der Waals surface area contributed by atoms with Crippen molar-refractivity contribution in [3.8, 4) is 0 Å². The van der Waals surface area contributed by atoms with E-state index in [2.05, 4.69) is 5.32 Å². The van der Waals surface area contributed by atoms with Gasteiger partial charge in [-0.05, 0) is 30.8 Å². The van der Waals surface area contributed by atoms with Crippen LogP contribution in [-0.4, -0.2) is 37.0 Å². The SMILES string of the molecule is CN(CC1CCCCN1)C(=O)c1cccs1. The number of nitrogens with one attached hydrogen (secondary N) is 1. The van der Waals surface area contributed by atoms with Crippen molar-refractivity contribution in [3.63, 3.8) is 0 Å².